The quantitative estimate of drug-likeness (QED) is 0.882. The van der Waals surface area contributed by atoms with Crippen LogP contribution in [-0.4, -0.2) is 62.1 Å². The van der Waals surface area contributed by atoms with Crippen molar-refractivity contribution in [3.05, 3.63) is 29.6 Å². The Morgan fingerprint density at radius 1 is 1.33 bits per heavy atom. The van der Waals surface area contributed by atoms with E-state index in [1.54, 1.807) is 6.07 Å². The number of carbonyl (C=O) groups excluding carboxylic acids is 1. The summed E-state index contributed by atoms with van der Waals surface area (Å²) in [7, 11) is 1.47. The molecule has 1 aromatic rings. The highest BCUT2D eigenvalue weighted by Crippen LogP contribution is 2.21. The highest BCUT2D eigenvalue weighted by molar-refractivity contribution is 5.79. The monoisotopic (exact) mass is 335 g/mol. The first-order valence-corrected chi connectivity index (χ1v) is 8.62. The van der Waals surface area contributed by atoms with E-state index in [1.807, 2.05) is 17.9 Å². The number of rotatable bonds is 5. The van der Waals surface area contributed by atoms with Gasteiger partial charge in [0, 0.05) is 38.6 Å². The number of halogens is 1. The van der Waals surface area contributed by atoms with Crippen molar-refractivity contribution in [2.24, 2.45) is 11.8 Å². The number of benzene rings is 1. The minimum absolute atomic E-state index is 0.105. The molecule has 0 saturated carbocycles. The van der Waals surface area contributed by atoms with Crippen LogP contribution in [0.1, 0.15) is 12.5 Å². The Labute approximate surface area is 142 Å². The van der Waals surface area contributed by atoms with Crippen LogP contribution in [0.2, 0.25) is 0 Å². The molecule has 0 spiro atoms. The molecule has 1 N–H and O–H groups in total. The third kappa shape index (κ3) is 3.70. The molecular formula is C18H26FN3O2. The van der Waals surface area contributed by atoms with Crippen molar-refractivity contribution >= 4 is 5.91 Å². The first-order valence-electron chi connectivity index (χ1n) is 8.62. The molecule has 132 valence electrons. The second-order valence-corrected chi connectivity index (χ2v) is 6.78. The number of carbonyl (C=O) groups is 1. The van der Waals surface area contributed by atoms with Crippen LogP contribution in [0.4, 0.5) is 4.39 Å². The molecule has 1 atom stereocenters. The maximum atomic E-state index is 13.8. The number of nitrogens with one attached hydrogen (secondary N) is 1. The van der Waals surface area contributed by atoms with Gasteiger partial charge in [-0.3, -0.25) is 9.69 Å². The fraction of sp³-hybridized carbons (Fsp3) is 0.611. The van der Waals surface area contributed by atoms with Gasteiger partial charge in [-0.05, 0) is 36.7 Å². The van der Waals surface area contributed by atoms with Crippen molar-refractivity contribution in [1.82, 2.24) is 15.1 Å². The van der Waals surface area contributed by atoms with Gasteiger partial charge in [-0.1, -0.05) is 13.0 Å². The van der Waals surface area contributed by atoms with Gasteiger partial charge in [0.15, 0.2) is 11.6 Å². The predicted octanol–water partition coefficient (Wildman–Crippen LogP) is 1.33. The van der Waals surface area contributed by atoms with Gasteiger partial charge in [0.25, 0.3) is 0 Å². The Morgan fingerprint density at radius 2 is 2.04 bits per heavy atom. The maximum Gasteiger partial charge on any atom is 0.225 e. The molecule has 0 aliphatic carbocycles. The molecule has 0 radical (unpaired) electrons. The van der Waals surface area contributed by atoms with Crippen LogP contribution in [0, 0.1) is 17.7 Å². The number of nitrogens with zero attached hydrogens (tertiary/aromatic N) is 2. The fourth-order valence-electron chi connectivity index (χ4n) is 3.35. The molecule has 0 bridgehead atoms. The highest BCUT2D eigenvalue weighted by atomic mass is 19.1. The van der Waals surface area contributed by atoms with Gasteiger partial charge in [-0.2, -0.15) is 0 Å². The lowest BCUT2D eigenvalue weighted by molar-refractivity contribution is -0.139. The topological polar surface area (TPSA) is 44.8 Å². The molecule has 2 saturated heterocycles. The number of ether oxygens (including phenoxy) is 1. The molecule has 5 nitrogen and oxygen atoms in total. The summed E-state index contributed by atoms with van der Waals surface area (Å²) >= 11 is 0. The molecule has 2 fully saturated rings. The lowest BCUT2D eigenvalue weighted by Gasteiger charge is -2.39. The van der Waals surface area contributed by atoms with Crippen molar-refractivity contribution < 1.29 is 13.9 Å². The minimum atomic E-state index is -0.327. The zero-order chi connectivity index (χ0) is 17.1. The number of hydrogen-bond acceptors (Lipinski definition) is 4. The Morgan fingerprint density at radius 3 is 2.58 bits per heavy atom. The second-order valence-electron chi connectivity index (χ2n) is 6.78. The Bertz CT molecular complexity index is 584. The van der Waals surface area contributed by atoms with E-state index < -0.39 is 0 Å². The Kier molecular flexibility index (Phi) is 5.36. The van der Waals surface area contributed by atoms with Crippen LogP contribution >= 0.6 is 0 Å². The van der Waals surface area contributed by atoms with E-state index >= 15 is 0 Å². The molecule has 2 aliphatic rings. The van der Waals surface area contributed by atoms with Crippen molar-refractivity contribution in [1.29, 1.82) is 0 Å². The smallest absolute Gasteiger partial charge is 0.225 e. The summed E-state index contributed by atoms with van der Waals surface area (Å²) < 4.78 is 18.7. The maximum absolute atomic E-state index is 13.8. The number of hydrogen-bond donors (Lipinski definition) is 1. The van der Waals surface area contributed by atoms with Crippen LogP contribution in [0.15, 0.2) is 18.2 Å². The van der Waals surface area contributed by atoms with Crippen molar-refractivity contribution in [3.63, 3.8) is 0 Å². The fourth-order valence-corrected chi connectivity index (χ4v) is 3.35. The molecule has 24 heavy (non-hydrogen) atoms. The summed E-state index contributed by atoms with van der Waals surface area (Å²) in [6.45, 7) is 7.81. The molecule has 0 aromatic heterocycles. The standard InChI is InChI=1S/C18H26FN3O2/c1-13(15-10-20-11-15)18(23)22-7-5-21(6-8-22)12-14-3-4-17(24-2)16(19)9-14/h3-4,9,13,15,20H,5-8,10-12H2,1-2H3. The summed E-state index contributed by atoms with van der Waals surface area (Å²) in [5.41, 5.74) is 0.932. The number of methoxy groups -OCH3 is 1. The molecular weight excluding hydrogens is 309 g/mol. The molecule has 1 aromatic carbocycles. The van der Waals surface area contributed by atoms with Crippen LogP contribution < -0.4 is 10.1 Å². The predicted molar refractivity (Wildman–Crippen MR) is 90.3 cm³/mol. The van der Waals surface area contributed by atoms with Gasteiger partial charge >= 0.3 is 0 Å². The average molecular weight is 335 g/mol. The van der Waals surface area contributed by atoms with Gasteiger partial charge in [-0.25, -0.2) is 4.39 Å². The molecule has 2 aliphatic heterocycles. The van der Waals surface area contributed by atoms with Crippen LogP contribution in [0.3, 0.4) is 0 Å². The van der Waals surface area contributed by atoms with E-state index in [0.717, 1.165) is 44.8 Å². The first-order chi connectivity index (χ1) is 11.6. The van der Waals surface area contributed by atoms with E-state index in [-0.39, 0.29) is 23.4 Å². The number of piperazine rings is 1. The second kappa shape index (κ2) is 7.49. The SMILES string of the molecule is COc1ccc(CN2CCN(C(=O)C(C)C3CNC3)CC2)cc1F. The Hall–Kier alpha value is -1.66. The van der Waals surface area contributed by atoms with Gasteiger partial charge < -0.3 is 15.0 Å². The van der Waals surface area contributed by atoms with Gasteiger partial charge in [0.05, 0.1) is 7.11 Å². The molecule has 1 amide bonds. The summed E-state index contributed by atoms with van der Waals surface area (Å²) in [4.78, 5) is 16.8. The summed E-state index contributed by atoms with van der Waals surface area (Å²) in [5, 5.41) is 3.23. The van der Waals surface area contributed by atoms with E-state index in [0.29, 0.717) is 12.5 Å². The molecule has 2 heterocycles. The molecule has 6 heteroatoms. The summed E-state index contributed by atoms with van der Waals surface area (Å²) in [6, 6.07) is 5.09. The average Bonchev–Trinajstić information content (AvgIpc) is 2.53. The summed E-state index contributed by atoms with van der Waals surface area (Å²) in [6.07, 6.45) is 0. The zero-order valence-electron chi connectivity index (χ0n) is 14.4. The lowest BCUT2D eigenvalue weighted by Crippen LogP contribution is -2.54. The van der Waals surface area contributed by atoms with Gasteiger partial charge in [0.2, 0.25) is 5.91 Å². The van der Waals surface area contributed by atoms with Crippen LogP contribution in [-0.2, 0) is 11.3 Å². The lowest BCUT2D eigenvalue weighted by atomic mass is 9.88. The first kappa shape index (κ1) is 17.2. The zero-order valence-corrected chi connectivity index (χ0v) is 14.4. The third-order valence-corrected chi connectivity index (χ3v) is 5.22. The minimum Gasteiger partial charge on any atom is -0.494 e. The highest BCUT2D eigenvalue weighted by Gasteiger charge is 2.32. The van der Waals surface area contributed by atoms with Crippen molar-refractivity contribution in [2.45, 2.75) is 13.5 Å². The summed E-state index contributed by atoms with van der Waals surface area (Å²) in [5.74, 6) is 0.809. The third-order valence-electron chi connectivity index (χ3n) is 5.22. The van der Waals surface area contributed by atoms with Crippen LogP contribution in [0.25, 0.3) is 0 Å². The largest absolute Gasteiger partial charge is 0.494 e. The van der Waals surface area contributed by atoms with Gasteiger partial charge in [-0.15, -0.1) is 0 Å². The number of amides is 1. The Balaban J connectivity index is 1.49. The van der Waals surface area contributed by atoms with E-state index in [2.05, 4.69) is 10.2 Å². The molecule has 1 unspecified atom stereocenters. The van der Waals surface area contributed by atoms with Crippen LogP contribution in [0.5, 0.6) is 5.75 Å². The van der Waals surface area contributed by atoms with E-state index in [1.165, 1.54) is 13.2 Å². The van der Waals surface area contributed by atoms with E-state index in [9.17, 15) is 9.18 Å². The molecule has 3 rings (SSSR count). The normalized spacial score (nSPS) is 20.5. The van der Waals surface area contributed by atoms with Crippen molar-refractivity contribution in [3.8, 4) is 5.75 Å². The van der Waals surface area contributed by atoms with E-state index in [4.69, 9.17) is 4.74 Å². The van der Waals surface area contributed by atoms with Gasteiger partial charge in [0.1, 0.15) is 0 Å². The van der Waals surface area contributed by atoms with Crippen molar-refractivity contribution in [2.75, 3.05) is 46.4 Å².